The van der Waals surface area contributed by atoms with Crippen LogP contribution in [0.2, 0.25) is 0 Å². The number of methoxy groups -OCH3 is 1. The van der Waals surface area contributed by atoms with Crippen molar-refractivity contribution in [1.82, 2.24) is 0 Å². The summed E-state index contributed by atoms with van der Waals surface area (Å²) in [5.74, 6) is 1.43. The highest BCUT2D eigenvalue weighted by Crippen LogP contribution is 2.59. The van der Waals surface area contributed by atoms with Crippen LogP contribution in [0.25, 0.3) is 0 Å². The molecule has 1 saturated carbocycles. The number of fused-ring (bicyclic) bond motifs is 3. The van der Waals surface area contributed by atoms with Gasteiger partial charge in [0.25, 0.3) is 0 Å². The summed E-state index contributed by atoms with van der Waals surface area (Å²) in [7, 11) is 1.73. The van der Waals surface area contributed by atoms with Crippen LogP contribution in [-0.2, 0) is 16.6 Å². The highest BCUT2D eigenvalue weighted by molar-refractivity contribution is 5.81. The number of ketones is 1. The first-order valence-corrected chi connectivity index (χ1v) is 8.74. The molecule has 0 N–H and O–H groups in total. The highest BCUT2D eigenvalue weighted by Gasteiger charge is 2.54. The normalized spacial score (nSPS) is 30.6. The number of carbonyl (C=O) groups is 1. The van der Waals surface area contributed by atoms with E-state index >= 15 is 0 Å². The smallest absolute Gasteiger partial charge is 0.133 e. The molecule has 0 heterocycles. The van der Waals surface area contributed by atoms with Gasteiger partial charge in [0, 0.05) is 12.8 Å². The lowest BCUT2D eigenvalue weighted by Gasteiger charge is -2.56. The van der Waals surface area contributed by atoms with Gasteiger partial charge in [0.15, 0.2) is 0 Å². The number of unbranched alkanes of at least 4 members (excludes halogenated alkanes) is 1. The second kappa shape index (κ2) is 5.72. The van der Waals surface area contributed by atoms with Gasteiger partial charge < -0.3 is 4.74 Å². The van der Waals surface area contributed by atoms with Crippen molar-refractivity contribution in [2.24, 2.45) is 5.41 Å². The molecule has 1 aromatic carbocycles. The second-order valence-corrected chi connectivity index (χ2v) is 7.45. The van der Waals surface area contributed by atoms with E-state index < -0.39 is 0 Å². The summed E-state index contributed by atoms with van der Waals surface area (Å²) in [6.07, 6.45) is 8.40. The Morgan fingerprint density at radius 2 is 2.05 bits per heavy atom. The first-order chi connectivity index (χ1) is 10.5. The Hall–Kier alpha value is -1.31. The van der Waals surface area contributed by atoms with Gasteiger partial charge >= 0.3 is 0 Å². The van der Waals surface area contributed by atoms with Gasteiger partial charge in [0.2, 0.25) is 0 Å². The molecule has 3 rings (SSSR count). The van der Waals surface area contributed by atoms with Crippen molar-refractivity contribution in [3.8, 4) is 5.75 Å². The Balaban J connectivity index is 2.05. The average molecular weight is 300 g/mol. The fourth-order valence-electron chi connectivity index (χ4n) is 4.92. The van der Waals surface area contributed by atoms with E-state index in [0.717, 1.165) is 37.9 Å². The summed E-state index contributed by atoms with van der Waals surface area (Å²) in [6, 6.07) is 6.57. The number of aryl methyl sites for hydroxylation is 1. The van der Waals surface area contributed by atoms with Crippen LogP contribution in [-0.4, -0.2) is 12.9 Å². The van der Waals surface area contributed by atoms with Gasteiger partial charge in [-0.2, -0.15) is 0 Å². The summed E-state index contributed by atoms with van der Waals surface area (Å²) in [5, 5.41) is 0. The zero-order chi connectivity index (χ0) is 15.8. The molecule has 1 unspecified atom stereocenters. The minimum absolute atomic E-state index is 0.149. The van der Waals surface area contributed by atoms with Crippen molar-refractivity contribution in [3.05, 3.63) is 29.3 Å². The van der Waals surface area contributed by atoms with Crippen molar-refractivity contribution < 1.29 is 9.53 Å². The lowest BCUT2D eigenvalue weighted by molar-refractivity contribution is -0.128. The standard InChI is InChI=1S/C20H28O2/c1-4-5-10-20-12-8-15-13-17(22-3)6-7-18(15)19(20,2)11-9-16(21)14-20/h6-7,13H,4-5,8-12,14H2,1-3H3/t19?,20-/m1/s1. The van der Waals surface area contributed by atoms with Crippen LogP contribution in [0.5, 0.6) is 5.75 Å². The van der Waals surface area contributed by atoms with E-state index in [0.29, 0.717) is 5.78 Å². The molecular weight excluding hydrogens is 272 g/mol. The first kappa shape index (κ1) is 15.6. The minimum Gasteiger partial charge on any atom is -0.497 e. The third kappa shape index (κ3) is 2.28. The van der Waals surface area contributed by atoms with Crippen LogP contribution >= 0.6 is 0 Å². The Morgan fingerprint density at radius 1 is 1.23 bits per heavy atom. The average Bonchev–Trinajstić information content (AvgIpc) is 2.53. The summed E-state index contributed by atoms with van der Waals surface area (Å²) >= 11 is 0. The van der Waals surface area contributed by atoms with Gasteiger partial charge in [-0.1, -0.05) is 32.8 Å². The predicted molar refractivity (Wildman–Crippen MR) is 89.5 cm³/mol. The predicted octanol–water partition coefficient (Wildman–Crippen LogP) is 4.83. The van der Waals surface area contributed by atoms with E-state index in [9.17, 15) is 4.79 Å². The summed E-state index contributed by atoms with van der Waals surface area (Å²) in [5.41, 5.74) is 3.24. The molecule has 2 aliphatic rings. The Kier molecular flexibility index (Phi) is 4.05. The molecule has 0 saturated heterocycles. The molecule has 120 valence electrons. The Morgan fingerprint density at radius 3 is 2.77 bits per heavy atom. The summed E-state index contributed by atoms with van der Waals surface area (Å²) in [4.78, 5) is 12.2. The zero-order valence-electron chi connectivity index (χ0n) is 14.2. The van der Waals surface area contributed by atoms with Crippen LogP contribution in [0.4, 0.5) is 0 Å². The van der Waals surface area contributed by atoms with Crippen LogP contribution in [0.3, 0.4) is 0 Å². The fourth-order valence-corrected chi connectivity index (χ4v) is 4.92. The van der Waals surface area contributed by atoms with E-state index in [2.05, 4.69) is 32.0 Å². The Labute approximate surface area is 134 Å². The number of rotatable bonds is 4. The topological polar surface area (TPSA) is 26.3 Å². The number of carbonyl (C=O) groups excluding carboxylic acids is 1. The van der Waals surface area contributed by atoms with Gasteiger partial charge in [-0.3, -0.25) is 4.79 Å². The maximum absolute atomic E-state index is 12.2. The van der Waals surface area contributed by atoms with Crippen LogP contribution in [0, 0.1) is 5.41 Å². The number of ether oxygens (including phenoxy) is 1. The van der Waals surface area contributed by atoms with Crippen LogP contribution in [0.1, 0.15) is 69.9 Å². The van der Waals surface area contributed by atoms with Crippen molar-refractivity contribution in [3.63, 3.8) is 0 Å². The van der Waals surface area contributed by atoms with E-state index in [1.807, 2.05) is 0 Å². The van der Waals surface area contributed by atoms with Crippen molar-refractivity contribution in [1.29, 1.82) is 0 Å². The minimum atomic E-state index is 0.149. The number of hydrogen-bond acceptors (Lipinski definition) is 2. The second-order valence-electron chi connectivity index (χ2n) is 7.45. The molecule has 2 aliphatic carbocycles. The molecule has 1 fully saturated rings. The van der Waals surface area contributed by atoms with Gasteiger partial charge in [-0.05, 0) is 59.8 Å². The molecule has 0 aromatic heterocycles. The number of hydrogen-bond donors (Lipinski definition) is 0. The van der Waals surface area contributed by atoms with Crippen molar-refractivity contribution >= 4 is 5.78 Å². The molecule has 2 nitrogen and oxygen atoms in total. The quantitative estimate of drug-likeness (QED) is 0.796. The lowest BCUT2D eigenvalue weighted by Crippen LogP contribution is -2.51. The summed E-state index contributed by atoms with van der Waals surface area (Å²) < 4.78 is 5.40. The molecule has 2 heteroatoms. The molecule has 0 aliphatic heterocycles. The molecule has 0 radical (unpaired) electrons. The van der Waals surface area contributed by atoms with Crippen molar-refractivity contribution in [2.75, 3.05) is 7.11 Å². The maximum Gasteiger partial charge on any atom is 0.133 e. The van der Waals surface area contributed by atoms with Gasteiger partial charge in [-0.15, -0.1) is 0 Å². The first-order valence-electron chi connectivity index (χ1n) is 8.74. The molecular formula is C20H28O2. The number of Topliss-reactive ketones (excluding diaryl/α,β-unsaturated/α-hetero) is 1. The summed E-state index contributed by atoms with van der Waals surface area (Å²) in [6.45, 7) is 4.67. The van der Waals surface area contributed by atoms with Gasteiger partial charge in [0.05, 0.1) is 7.11 Å². The largest absolute Gasteiger partial charge is 0.497 e. The number of benzene rings is 1. The highest BCUT2D eigenvalue weighted by atomic mass is 16.5. The van der Waals surface area contributed by atoms with Gasteiger partial charge in [-0.25, -0.2) is 0 Å². The molecule has 0 spiro atoms. The molecule has 1 aromatic rings. The molecule has 0 bridgehead atoms. The van der Waals surface area contributed by atoms with E-state index in [4.69, 9.17) is 4.74 Å². The maximum atomic E-state index is 12.2. The molecule has 22 heavy (non-hydrogen) atoms. The monoisotopic (exact) mass is 300 g/mol. The van der Waals surface area contributed by atoms with E-state index in [1.165, 1.54) is 30.4 Å². The van der Waals surface area contributed by atoms with Gasteiger partial charge in [0.1, 0.15) is 11.5 Å². The van der Waals surface area contributed by atoms with Crippen LogP contribution < -0.4 is 4.74 Å². The van der Waals surface area contributed by atoms with Crippen LogP contribution in [0.15, 0.2) is 18.2 Å². The Bertz CT molecular complexity index is 577. The fraction of sp³-hybridized carbons (Fsp3) is 0.650. The third-order valence-corrected chi connectivity index (χ3v) is 6.40. The molecule has 2 atom stereocenters. The zero-order valence-corrected chi connectivity index (χ0v) is 14.2. The van der Waals surface area contributed by atoms with E-state index in [1.54, 1.807) is 7.11 Å². The molecule has 0 amide bonds. The SMILES string of the molecule is CCCC[C@]12CCc3cc(OC)ccc3C1(C)CCC(=O)C2. The third-order valence-electron chi connectivity index (χ3n) is 6.40. The van der Waals surface area contributed by atoms with E-state index in [-0.39, 0.29) is 10.8 Å². The van der Waals surface area contributed by atoms with Crippen molar-refractivity contribution in [2.45, 2.75) is 70.6 Å². The lowest BCUT2D eigenvalue weighted by atomic mass is 9.48.